The van der Waals surface area contributed by atoms with Crippen molar-refractivity contribution >= 4 is 5.91 Å². The molecule has 5 nitrogen and oxygen atoms in total. The van der Waals surface area contributed by atoms with Crippen LogP contribution in [0.1, 0.15) is 28.7 Å². The van der Waals surface area contributed by atoms with Gasteiger partial charge in [-0.1, -0.05) is 0 Å². The highest BCUT2D eigenvalue weighted by Gasteiger charge is 2.30. The summed E-state index contributed by atoms with van der Waals surface area (Å²) in [4.78, 5) is 21.5. The number of aromatic hydroxyl groups is 1. The highest BCUT2D eigenvalue weighted by molar-refractivity contribution is 5.82. The van der Waals surface area contributed by atoms with Gasteiger partial charge < -0.3 is 9.84 Å². The fourth-order valence-corrected chi connectivity index (χ4v) is 2.34. The fraction of sp³-hybridized carbons (Fsp3) is 0.462. The van der Waals surface area contributed by atoms with Gasteiger partial charge in [0.1, 0.15) is 11.5 Å². The molecule has 0 spiro atoms. The van der Waals surface area contributed by atoms with Crippen molar-refractivity contribution in [2.75, 3.05) is 0 Å². The number of carbonyl (C=O) groups excluding carboxylic acids is 1. The Bertz CT molecular complexity index is 537. The number of benzene rings is 1. The van der Waals surface area contributed by atoms with Crippen LogP contribution in [-0.2, 0) is 11.2 Å². The Morgan fingerprint density at radius 2 is 1.94 bits per heavy atom. The summed E-state index contributed by atoms with van der Waals surface area (Å²) in [6.07, 6.45) is 0.222. The maximum atomic E-state index is 11.3. The molecule has 0 fully saturated rings. The Balaban J connectivity index is 2.50. The zero-order valence-corrected chi connectivity index (χ0v) is 10.6. The lowest BCUT2D eigenvalue weighted by Gasteiger charge is -2.27. The van der Waals surface area contributed by atoms with E-state index in [4.69, 9.17) is 4.74 Å². The van der Waals surface area contributed by atoms with Crippen LogP contribution < -0.4 is 4.74 Å². The minimum Gasteiger partial charge on any atom is -0.507 e. The first-order chi connectivity index (χ1) is 8.47. The lowest BCUT2D eigenvalue weighted by molar-refractivity contribution is -0.125. The Labute approximate surface area is 105 Å². The molecular formula is C13H15NO4. The smallest absolute Gasteiger partial charge is 0.326 e. The molecule has 2 rings (SSSR count). The topological polar surface area (TPSA) is 76.0 Å². The summed E-state index contributed by atoms with van der Waals surface area (Å²) in [5.74, 6) is 0.104. The monoisotopic (exact) mass is 249 g/mol. The van der Waals surface area contributed by atoms with Crippen molar-refractivity contribution in [3.63, 3.8) is 0 Å². The van der Waals surface area contributed by atoms with Crippen LogP contribution in [0.3, 0.4) is 0 Å². The number of hydrogen-bond donors (Lipinski definition) is 1. The Hall–Kier alpha value is -1.91. The first kappa shape index (κ1) is 12.5. The van der Waals surface area contributed by atoms with Crippen molar-refractivity contribution in [1.82, 2.24) is 0 Å². The highest BCUT2D eigenvalue weighted by atomic mass is 16.5. The summed E-state index contributed by atoms with van der Waals surface area (Å²) in [7, 11) is 0. The Morgan fingerprint density at radius 3 is 2.56 bits per heavy atom. The maximum Gasteiger partial charge on any atom is 0.326 e. The van der Waals surface area contributed by atoms with Gasteiger partial charge in [0.05, 0.1) is 0 Å². The number of phenols is 1. The molecule has 0 bridgehead atoms. The number of fused-ring (bicyclic) bond motifs is 1. The van der Waals surface area contributed by atoms with Gasteiger partial charge in [-0.25, -0.2) is 0 Å². The number of carbonyl (C=O) groups is 1. The van der Waals surface area contributed by atoms with E-state index in [1.807, 2.05) is 13.8 Å². The SMILES string of the molecule is Cc1c(C)c2c(c(C)c1O)CC[C@@H](C(=O)N=O)O2. The fourth-order valence-electron chi connectivity index (χ4n) is 2.34. The molecule has 5 heteroatoms. The first-order valence-electron chi connectivity index (χ1n) is 5.82. The summed E-state index contributed by atoms with van der Waals surface area (Å²) in [6.45, 7) is 5.45. The predicted octanol–water partition coefficient (Wildman–Crippen LogP) is 2.30. The molecule has 0 radical (unpaired) electrons. The van der Waals surface area contributed by atoms with Gasteiger partial charge in [0.15, 0.2) is 6.10 Å². The van der Waals surface area contributed by atoms with E-state index in [1.54, 1.807) is 6.92 Å². The van der Waals surface area contributed by atoms with Crippen molar-refractivity contribution in [3.8, 4) is 11.5 Å². The van der Waals surface area contributed by atoms with E-state index in [0.29, 0.717) is 18.6 Å². The maximum absolute atomic E-state index is 11.3. The van der Waals surface area contributed by atoms with E-state index < -0.39 is 12.0 Å². The van der Waals surface area contributed by atoms with Gasteiger partial charge in [0, 0.05) is 10.7 Å². The van der Waals surface area contributed by atoms with Gasteiger partial charge in [-0.2, -0.15) is 0 Å². The number of amides is 1. The Kier molecular flexibility index (Phi) is 3.07. The van der Waals surface area contributed by atoms with Crippen LogP contribution in [0.15, 0.2) is 5.18 Å². The van der Waals surface area contributed by atoms with Gasteiger partial charge in [-0.05, 0) is 50.3 Å². The van der Waals surface area contributed by atoms with Crippen LogP contribution in [0.25, 0.3) is 0 Å². The molecule has 0 aliphatic carbocycles. The number of phenolic OH excluding ortho intramolecular Hbond substituents is 1. The molecule has 0 unspecified atom stereocenters. The number of rotatable bonds is 1. The summed E-state index contributed by atoms with van der Waals surface area (Å²) in [6, 6.07) is 0. The molecule has 1 heterocycles. The standard InChI is InChI=1S/C13H15NO4/c1-6-7(2)12-9(8(3)11(6)15)4-5-10(18-12)13(16)14-17/h10,15H,4-5H2,1-3H3/t10-/m0/s1. The van der Waals surface area contributed by atoms with Crippen LogP contribution in [-0.4, -0.2) is 17.1 Å². The zero-order valence-electron chi connectivity index (χ0n) is 10.6. The van der Waals surface area contributed by atoms with Crippen LogP contribution in [0.4, 0.5) is 0 Å². The van der Waals surface area contributed by atoms with Crippen molar-refractivity contribution in [1.29, 1.82) is 0 Å². The molecule has 0 saturated carbocycles. The van der Waals surface area contributed by atoms with Gasteiger partial charge in [0.25, 0.3) is 0 Å². The van der Waals surface area contributed by atoms with Gasteiger partial charge >= 0.3 is 5.91 Å². The van der Waals surface area contributed by atoms with Crippen molar-refractivity contribution in [3.05, 3.63) is 27.2 Å². The average molecular weight is 249 g/mol. The van der Waals surface area contributed by atoms with Crippen LogP contribution in [0.5, 0.6) is 11.5 Å². The lowest BCUT2D eigenvalue weighted by atomic mass is 9.91. The van der Waals surface area contributed by atoms with Crippen molar-refractivity contribution < 1.29 is 14.6 Å². The minimum absolute atomic E-state index is 0.271. The Morgan fingerprint density at radius 1 is 1.28 bits per heavy atom. The number of ether oxygens (including phenoxy) is 1. The summed E-state index contributed by atoms with van der Waals surface area (Å²) < 4.78 is 5.58. The van der Waals surface area contributed by atoms with E-state index in [-0.39, 0.29) is 5.75 Å². The molecule has 1 amide bonds. The molecule has 1 aliphatic rings. The van der Waals surface area contributed by atoms with E-state index in [1.165, 1.54) is 0 Å². The van der Waals surface area contributed by atoms with E-state index >= 15 is 0 Å². The average Bonchev–Trinajstić information content (AvgIpc) is 2.41. The van der Waals surface area contributed by atoms with E-state index in [0.717, 1.165) is 22.3 Å². The highest BCUT2D eigenvalue weighted by Crippen LogP contribution is 2.40. The molecule has 1 aromatic carbocycles. The van der Waals surface area contributed by atoms with E-state index in [9.17, 15) is 14.8 Å². The van der Waals surface area contributed by atoms with Crippen LogP contribution in [0.2, 0.25) is 0 Å². The largest absolute Gasteiger partial charge is 0.507 e. The quantitative estimate of drug-likeness (QED) is 0.775. The summed E-state index contributed by atoms with van der Waals surface area (Å²) >= 11 is 0. The second-order valence-electron chi connectivity index (χ2n) is 4.61. The summed E-state index contributed by atoms with van der Waals surface area (Å²) in [5, 5.41) is 12.4. The molecule has 1 N–H and O–H groups in total. The minimum atomic E-state index is -0.794. The zero-order chi connectivity index (χ0) is 13.4. The third-order valence-electron chi connectivity index (χ3n) is 3.62. The van der Waals surface area contributed by atoms with Gasteiger partial charge in [-0.15, -0.1) is 4.91 Å². The summed E-state index contributed by atoms with van der Waals surface area (Å²) in [5.41, 5.74) is 3.22. The second kappa shape index (κ2) is 4.40. The molecule has 1 aromatic rings. The molecule has 1 aliphatic heterocycles. The molecular weight excluding hydrogens is 234 g/mol. The van der Waals surface area contributed by atoms with Crippen molar-refractivity contribution in [2.45, 2.75) is 39.7 Å². The molecule has 0 saturated heterocycles. The molecule has 96 valence electrons. The molecule has 18 heavy (non-hydrogen) atoms. The normalized spacial score (nSPS) is 17.8. The van der Waals surface area contributed by atoms with Gasteiger partial charge in [0.2, 0.25) is 0 Å². The predicted molar refractivity (Wildman–Crippen MR) is 65.9 cm³/mol. The molecule has 0 aromatic heterocycles. The second-order valence-corrected chi connectivity index (χ2v) is 4.61. The molecule has 1 atom stereocenters. The van der Waals surface area contributed by atoms with Crippen molar-refractivity contribution in [2.24, 2.45) is 5.18 Å². The van der Waals surface area contributed by atoms with Crippen LogP contribution >= 0.6 is 0 Å². The van der Waals surface area contributed by atoms with Gasteiger partial charge in [-0.3, -0.25) is 4.79 Å². The number of nitroso groups, excluding NO2 is 1. The number of hydrogen-bond acceptors (Lipinski definition) is 4. The van der Waals surface area contributed by atoms with Crippen LogP contribution in [0, 0.1) is 25.7 Å². The first-order valence-corrected chi connectivity index (χ1v) is 5.82. The third kappa shape index (κ3) is 1.75. The lowest BCUT2D eigenvalue weighted by Crippen LogP contribution is -2.30. The third-order valence-corrected chi connectivity index (χ3v) is 3.62. The number of nitrogens with zero attached hydrogens (tertiary/aromatic N) is 1. The van der Waals surface area contributed by atoms with E-state index in [2.05, 4.69) is 5.18 Å².